The van der Waals surface area contributed by atoms with Gasteiger partial charge in [-0.1, -0.05) is 103 Å². The second-order valence-electron chi connectivity index (χ2n) is 10.3. The zero-order chi connectivity index (χ0) is 25.3. The Labute approximate surface area is 225 Å². The molecular weight excluding hydrogens is 484 g/mol. The molecular formula is C34H24N2OS. The van der Waals surface area contributed by atoms with E-state index >= 15 is 0 Å². The first-order valence-corrected chi connectivity index (χ1v) is 13.9. The van der Waals surface area contributed by atoms with Crippen molar-refractivity contribution >= 4 is 16.9 Å². The van der Waals surface area contributed by atoms with Crippen molar-refractivity contribution in [1.29, 1.82) is 0 Å². The first-order chi connectivity index (χ1) is 18.7. The molecule has 1 aliphatic heterocycles. The van der Waals surface area contributed by atoms with E-state index in [2.05, 4.69) is 126 Å². The van der Waals surface area contributed by atoms with Gasteiger partial charge in [-0.05, 0) is 58.9 Å². The van der Waals surface area contributed by atoms with Crippen LogP contribution in [-0.4, -0.2) is 10.2 Å². The summed E-state index contributed by atoms with van der Waals surface area (Å²) in [7, 11) is 0. The summed E-state index contributed by atoms with van der Waals surface area (Å²) >= 11 is 1.65. The van der Waals surface area contributed by atoms with Gasteiger partial charge in [-0.25, -0.2) is 0 Å². The van der Waals surface area contributed by atoms with Crippen molar-refractivity contribution in [3.05, 3.63) is 136 Å². The molecule has 3 aliphatic rings. The van der Waals surface area contributed by atoms with Gasteiger partial charge >= 0.3 is 0 Å². The molecule has 2 heterocycles. The van der Waals surface area contributed by atoms with E-state index in [-0.39, 0.29) is 0 Å². The quantitative estimate of drug-likeness (QED) is 0.234. The molecule has 0 saturated heterocycles. The van der Waals surface area contributed by atoms with Crippen molar-refractivity contribution in [3.63, 3.8) is 0 Å². The molecule has 1 atom stereocenters. The second kappa shape index (κ2) is 8.11. The normalized spacial score (nSPS) is 17.7. The summed E-state index contributed by atoms with van der Waals surface area (Å²) in [4.78, 5) is 0. The summed E-state index contributed by atoms with van der Waals surface area (Å²) in [6, 6.07) is 32.6. The number of para-hydroxylation sites is 1. The van der Waals surface area contributed by atoms with E-state index in [0.29, 0.717) is 5.92 Å². The molecule has 0 radical (unpaired) electrons. The van der Waals surface area contributed by atoms with Crippen molar-refractivity contribution in [2.75, 3.05) is 0 Å². The molecule has 4 heteroatoms. The minimum atomic E-state index is -0.467. The van der Waals surface area contributed by atoms with Crippen molar-refractivity contribution in [2.45, 2.75) is 18.8 Å². The molecule has 1 spiro atoms. The van der Waals surface area contributed by atoms with Gasteiger partial charge < -0.3 is 4.74 Å². The molecule has 0 fully saturated rings. The molecule has 1 aromatic heterocycles. The zero-order valence-electron chi connectivity index (χ0n) is 20.9. The summed E-state index contributed by atoms with van der Waals surface area (Å²) in [5.41, 5.74) is 9.22. The van der Waals surface area contributed by atoms with E-state index in [1.165, 1.54) is 27.8 Å². The summed E-state index contributed by atoms with van der Waals surface area (Å²) in [5.74, 6) is 2.36. The number of allylic oxidation sites excluding steroid dienone is 4. The van der Waals surface area contributed by atoms with E-state index in [1.807, 2.05) is 0 Å². The van der Waals surface area contributed by atoms with Crippen LogP contribution < -0.4 is 4.74 Å². The average Bonchev–Trinajstić information content (AvgIpc) is 3.57. The lowest BCUT2D eigenvalue weighted by Gasteiger charge is -2.39. The fourth-order valence-electron chi connectivity index (χ4n) is 6.33. The van der Waals surface area contributed by atoms with Crippen LogP contribution in [0.25, 0.3) is 27.3 Å². The number of rotatable bonds is 2. The fourth-order valence-corrected chi connectivity index (χ4v) is 7.19. The zero-order valence-corrected chi connectivity index (χ0v) is 21.7. The number of hydrogen-bond donors (Lipinski definition) is 0. The Bertz CT molecular complexity index is 1770. The Hall–Kier alpha value is -4.28. The molecule has 0 N–H and O–H groups in total. The molecule has 2 aliphatic carbocycles. The standard InChI is InChI=1S/C34H24N2OS/c1-21-14-16-22(17-15-21)32-35-36-33(38-32)23-18-19-31-29(20-23)34(28-12-6-7-13-30(28)37-31)26-10-4-2-8-24(26)25-9-3-5-11-27(25)34/h2-14,16-21H,15H2,1H3. The number of aromatic nitrogens is 2. The van der Waals surface area contributed by atoms with Crippen LogP contribution in [0.4, 0.5) is 0 Å². The minimum absolute atomic E-state index is 0.467. The average molecular weight is 509 g/mol. The predicted molar refractivity (Wildman–Crippen MR) is 154 cm³/mol. The summed E-state index contributed by atoms with van der Waals surface area (Å²) in [5, 5.41) is 11.1. The van der Waals surface area contributed by atoms with E-state index in [9.17, 15) is 0 Å². The first-order valence-electron chi connectivity index (χ1n) is 13.1. The third kappa shape index (κ3) is 2.95. The van der Waals surface area contributed by atoms with E-state index in [0.717, 1.165) is 44.6 Å². The van der Waals surface area contributed by atoms with Crippen molar-refractivity contribution in [1.82, 2.24) is 10.2 Å². The molecule has 4 aromatic carbocycles. The predicted octanol–water partition coefficient (Wildman–Crippen LogP) is 8.65. The molecule has 0 bridgehead atoms. The maximum Gasteiger partial charge on any atom is 0.148 e. The van der Waals surface area contributed by atoms with Gasteiger partial charge in [0.1, 0.15) is 21.5 Å². The van der Waals surface area contributed by atoms with Crippen LogP contribution in [0.1, 0.15) is 40.6 Å². The van der Waals surface area contributed by atoms with E-state index in [4.69, 9.17) is 4.74 Å². The van der Waals surface area contributed by atoms with Crippen molar-refractivity contribution in [3.8, 4) is 33.2 Å². The van der Waals surface area contributed by atoms with E-state index < -0.39 is 5.41 Å². The van der Waals surface area contributed by atoms with Gasteiger partial charge in [0.15, 0.2) is 0 Å². The largest absolute Gasteiger partial charge is 0.457 e. The van der Waals surface area contributed by atoms with Crippen LogP contribution in [0.2, 0.25) is 0 Å². The van der Waals surface area contributed by atoms with E-state index in [1.54, 1.807) is 11.3 Å². The Morgan fingerprint density at radius 2 is 1.39 bits per heavy atom. The van der Waals surface area contributed by atoms with Gasteiger partial charge in [0.25, 0.3) is 0 Å². The molecule has 0 amide bonds. The highest BCUT2D eigenvalue weighted by Gasteiger charge is 2.51. The van der Waals surface area contributed by atoms with Crippen molar-refractivity contribution in [2.24, 2.45) is 5.92 Å². The highest BCUT2D eigenvalue weighted by molar-refractivity contribution is 7.15. The smallest absolute Gasteiger partial charge is 0.148 e. The monoisotopic (exact) mass is 508 g/mol. The van der Waals surface area contributed by atoms with Gasteiger partial charge in [0.05, 0.1) is 5.41 Å². The topological polar surface area (TPSA) is 35.0 Å². The lowest BCUT2D eigenvalue weighted by atomic mass is 9.66. The van der Waals surface area contributed by atoms with Crippen LogP contribution in [0.5, 0.6) is 11.5 Å². The van der Waals surface area contributed by atoms with Crippen LogP contribution in [-0.2, 0) is 5.41 Å². The lowest BCUT2D eigenvalue weighted by molar-refractivity contribution is 0.436. The Morgan fingerprint density at radius 1 is 0.737 bits per heavy atom. The lowest BCUT2D eigenvalue weighted by Crippen LogP contribution is -2.32. The third-order valence-corrected chi connectivity index (χ3v) is 9.10. The van der Waals surface area contributed by atoms with Crippen LogP contribution in [0.3, 0.4) is 0 Å². The van der Waals surface area contributed by atoms with Crippen LogP contribution >= 0.6 is 11.3 Å². The summed E-state index contributed by atoms with van der Waals surface area (Å²) in [6.07, 6.45) is 7.74. The summed E-state index contributed by atoms with van der Waals surface area (Å²) < 4.78 is 6.54. The van der Waals surface area contributed by atoms with Gasteiger partial charge in [0, 0.05) is 22.3 Å². The van der Waals surface area contributed by atoms with Gasteiger partial charge in [-0.2, -0.15) is 0 Å². The Balaban J connectivity index is 1.36. The SMILES string of the molecule is CC1C=CC(c2nnc(-c3ccc4c(c3)C3(c5ccccc5O4)c4ccccc4-c4ccccc43)s2)=CC1. The Kier molecular flexibility index (Phi) is 4.65. The molecule has 1 unspecified atom stereocenters. The second-order valence-corrected chi connectivity index (χ2v) is 11.3. The first kappa shape index (κ1) is 21.8. The molecule has 3 nitrogen and oxygen atoms in total. The number of hydrogen-bond acceptors (Lipinski definition) is 4. The van der Waals surface area contributed by atoms with Crippen LogP contribution in [0, 0.1) is 5.92 Å². The number of fused-ring (bicyclic) bond motifs is 9. The highest BCUT2D eigenvalue weighted by Crippen LogP contribution is 2.62. The molecule has 5 aromatic rings. The van der Waals surface area contributed by atoms with Crippen molar-refractivity contribution < 1.29 is 4.74 Å². The maximum absolute atomic E-state index is 6.54. The number of nitrogens with zero attached hydrogens (tertiary/aromatic N) is 2. The molecule has 38 heavy (non-hydrogen) atoms. The van der Waals surface area contributed by atoms with Gasteiger partial charge in [0.2, 0.25) is 0 Å². The third-order valence-electron chi connectivity index (χ3n) is 8.08. The molecule has 8 rings (SSSR count). The van der Waals surface area contributed by atoms with Gasteiger partial charge in [-0.15, -0.1) is 10.2 Å². The van der Waals surface area contributed by atoms with Gasteiger partial charge in [-0.3, -0.25) is 0 Å². The fraction of sp³-hybridized carbons (Fsp3) is 0.118. The Morgan fingerprint density at radius 3 is 2.13 bits per heavy atom. The number of ether oxygens (including phenoxy) is 1. The molecule has 0 saturated carbocycles. The maximum atomic E-state index is 6.54. The highest BCUT2D eigenvalue weighted by atomic mass is 32.1. The minimum Gasteiger partial charge on any atom is -0.457 e. The summed E-state index contributed by atoms with van der Waals surface area (Å²) in [6.45, 7) is 2.23. The number of benzene rings is 4. The van der Waals surface area contributed by atoms with Crippen LogP contribution in [0.15, 0.2) is 109 Å². The molecule has 182 valence electrons.